The Morgan fingerprint density at radius 2 is 2.00 bits per heavy atom. The van der Waals surface area contributed by atoms with Crippen LogP contribution in [0.2, 0.25) is 0 Å². The van der Waals surface area contributed by atoms with E-state index < -0.39 is 0 Å². The van der Waals surface area contributed by atoms with Crippen molar-refractivity contribution in [1.29, 1.82) is 0 Å². The van der Waals surface area contributed by atoms with E-state index in [-0.39, 0.29) is 12.4 Å². The Morgan fingerprint density at radius 3 is 2.57 bits per heavy atom. The van der Waals surface area contributed by atoms with Gasteiger partial charge in [0.15, 0.2) is 0 Å². The zero-order chi connectivity index (χ0) is 9.26. The molecule has 0 spiro atoms. The van der Waals surface area contributed by atoms with Crippen molar-refractivity contribution in [2.75, 3.05) is 19.6 Å². The molecule has 84 valence electrons. The first-order valence-corrected chi connectivity index (χ1v) is 5.74. The molecule has 2 rings (SSSR count). The molecule has 14 heavy (non-hydrogen) atoms. The minimum atomic E-state index is 0. The molecule has 1 saturated heterocycles. The lowest BCUT2D eigenvalue weighted by molar-refractivity contribution is 0.117. The molecule has 1 aliphatic heterocycles. The second-order valence-electron chi connectivity index (χ2n) is 4.86. The third-order valence-electron chi connectivity index (χ3n) is 3.69. The Bertz CT molecular complexity index is 175. The predicted molar refractivity (Wildman–Crippen MR) is 63.1 cm³/mol. The molecule has 0 bridgehead atoms. The molecule has 2 unspecified atom stereocenters. The van der Waals surface area contributed by atoms with Crippen molar-refractivity contribution >= 4 is 12.4 Å². The number of hydrogen-bond donors (Lipinski definition) is 1. The fourth-order valence-corrected chi connectivity index (χ4v) is 2.88. The zero-order valence-corrected chi connectivity index (χ0v) is 10.1. The zero-order valence-electron chi connectivity index (χ0n) is 9.33. The SMILES string of the molecule is CC1CCC(N2CCNC[C@@H]2C)C1.Cl. The van der Waals surface area contributed by atoms with Gasteiger partial charge in [-0.3, -0.25) is 4.90 Å². The van der Waals surface area contributed by atoms with Crippen molar-refractivity contribution in [3.63, 3.8) is 0 Å². The van der Waals surface area contributed by atoms with Crippen LogP contribution >= 0.6 is 12.4 Å². The van der Waals surface area contributed by atoms with Gasteiger partial charge in [0.05, 0.1) is 0 Å². The van der Waals surface area contributed by atoms with Crippen LogP contribution in [0.3, 0.4) is 0 Å². The number of nitrogens with zero attached hydrogens (tertiary/aromatic N) is 1. The molecule has 0 aromatic rings. The first-order valence-electron chi connectivity index (χ1n) is 5.74. The molecule has 3 atom stereocenters. The highest BCUT2D eigenvalue weighted by Gasteiger charge is 2.30. The van der Waals surface area contributed by atoms with Gasteiger partial charge in [-0.1, -0.05) is 6.92 Å². The van der Waals surface area contributed by atoms with Crippen LogP contribution in [0.4, 0.5) is 0 Å². The van der Waals surface area contributed by atoms with Crippen molar-refractivity contribution in [2.45, 2.75) is 45.2 Å². The maximum Gasteiger partial charge on any atom is 0.0195 e. The third-order valence-corrected chi connectivity index (χ3v) is 3.69. The predicted octanol–water partition coefficient (Wildman–Crippen LogP) is 1.89. The van der Waals surface area contributed by atoms with Gasteiger partial charge in [-0.05, 0) is 32.1 Å². The minimum absolute atomic E-state index is 0. The summed E-state index contributed by atoms with van der Waals surface area (Å²) in [4.78, 5) is 2.72. The average molecular weight is 219 g/mol. The highest BCUT2D eigenvalue weighted by Crippen LogP contribution is 2.30. The number of halogens is 1. The highest BCUT2D eigenvalue weighted by atomic mass is 35.5. The topological polar surface area (TPSA) is 15.3 Å². The van der Waals surface area contributed by atoms with Crippen LogP contribution in [0, 0.1) is 5.92 Å². The Morgan fingerprint density at radius 1 is 1.21 bits per heavy atom. The quantitative estimate of drug-likeness (QED) is 0.723. The second-order valence-corrected chi connectivity index (χ2v) is 4.86. The van der Waals surface area contributed by atoms with Crippen LogP contribution in [0.15, 0.2) is 0 Å². The van der Waals surface area contributed by atoms with Gasteiger partial charge in [-0.2, -0.15) is 0 Å². The van der Waals surface area contributed by atoms with Gasteiger partial charge in [0, 0.05) is 31.7 Å². The summed E-state index contributed by atoms with van der Waals surface area (Å²) in [6, 6.07) is 1.65. The molecule has 1 saturated carbocycles. The number of nitrogens with one attached hydrogen (secondary N) is 1. The number of rotatable bonds is 1. The summed E-state index contributed by atoms with van der Waals surface area (Å²) in [5.41, 5.74) is 0. The lowest BCUT2D eigenvalue weighted by Gasteiger charge is -2.38. The summed E-state index contributed by atoms with van der Waals surface area (Å²) in [5.74, 6) is 0.965. The van der Waals surface area contributed by atoms with E-state index in [0.29, 0.717) is 0 Å². The van der Waals surface area contributed by atoms with E-state index >= 15 is 0 Å². The standard InChI is InChI=1S/C11H22N2.ClH/c1-9-3-4-11(7-9)13-6-5-12-8-10(13)2;/h9-12H,3-8H2,1-2H3;1H/t9?,10-,11?;/m0./s1. The van der Waals surface area contributed by atoms with Crippen molar-refractivity contribution in [3.8, 4) is 0 Å². The Balaban J connectivity index is 0.000000980. The van der Waals surface area contributed by atoms with E-state index in [4.69, 9.17) is 0 Å². The van der Waals surface area contributed by atoms with Crippen molar-refractivity contribution in [3.05, 3.63) is 0 Å². The molecule has 0 aromatic carbocycles. The van der Waals surface area contributed by atoms with Crippen molar-refractivity contribution < 1.29 is 0 Å². The normalized spacial score (nSPS) is 39.4. The molecule has 2 aliphatic rings. The summed E-state index contributed by atoms with van der Waals surface area (Å²) in [6.45, 7) is 8.39. The van der Waals surface area contributed by atoms with Crippen LogP contribution in [-0.2, 0) is 0 Å². The van der Waals surface area contributed by atoms with Crippen molar-refractivity contribution in [1.82, 2.24) is 10.2 Å². The maximum atomic E-state index is 3.46. The molecule has 2 nitrogen and oxygen atoms in total. The molecular formula is C11H23ClN2. The highest BCUT2D eigenvalue weighted by molar-refractivity contribution is 5.85. The van der Waals surface area contributed by atoms with Crippen LogP contribution in [0.25, 0.3) is 0 Å². The van der Waals surface area contributed by atoms with Gasteiger partial charge in [0.1, 0.15) is 0 Å². The molecule has 0 aromatic heterocycles. The Labute approximate surface area is 93.8 Å². The van der Waals surface area contributed by atoms with E-state index in [9.17, 15) is 0 Å². The van der Waals surface area contributed by atoms with Crippen LogP contribution in [0.5, 0.6) is 0 Å². The second kappa shape index (κ2) is 5.34. The molecular weight excluding hydrogens is 196 g/mol. The monoisotopic (exact) mass is 218 g/mol. The minimum Gasteiger partial charge on any atom is -0.314 e. The van der Waals surface area contributed by atoms with Crippen LogP contribution < -0.4 is 5.32 Å². The van der Waals surface area contributed by atoms with Gasteiger partial charge >= 0.3 is 0 Å². The van der Waals surface area contributed by atoms with Gasteiger partial charge in [-0.25, -0.2) is 0 Å². The van der Waals surface area contributed by atoms with Gasteiger partial charge in [0.25, 0.3) is 0 Å². The summed E-state index contributed by atoms with van der Waals surface area (Å²) in [5, 5.41) is 3.46. The molecule has 1 heterocycles. The lowest BCUT2D eigenvalue weighted by atomic mass is 10.1. The molecule has 2 fully saturated rings. The van der Waals surface area contributed by atoms with E-state index in [1.807, 2.05) is 0 Å². The Hall–Kier alpha value is 0.210. The third kappa shape index (κ3) is 2.62. The smallest absolute Gasteiger partial charge is 0.0195 e. The number of piperazine rings is 1. The molecule has 1 N–H and O–H groups in total. The van der Waals surface area contributed by atoms with Crippen molar-refractivity contribution in [2.24, 2.45) is 5.92 Å². The molecule has 0 amide bonds. The summed E-state index contributed by atoms with van der Waals surface area (Å²) < 4.78 is 0. The number of hydrogen-bond acceptors (Lipinski definition) is 2. The maximum absolute atomic E-state index is 3.46. The van der Waals surface area contributed by atoms with Gasteiger partial charge < -0.3 is 5.32 Å². The Kier molecular flexibility index (Phi) is 4.68. The molecule has 0 radical (unpaired) electrons. The van der Waals surface area contributed by atoms with E-state index in [2.05, 4.69) is 24.1 Å². The van der Waals surface area contributed by atoms with E-state index in [1.165, 1.54) is 38.9 Å². The van der Waals surface area contributed by atoms with E-state index in [1.54, 1.807) is 0 Å². The van der Waals surface area contributed by atoms with Crippen LogP contribution in [-0.4, -0.2) is 36.6 Å². The summed E-state index contributed by atoms with van der Waals surface area (Å²) in [7, 11) is 0. The average Bonchev–Trinajstić information content (AvgIpc) is 2.53. The van der Waals surface area contributed by atoms with Crippen LogP contribution in [0.1, 0.15) is 33.1 Å². The lowest BCUT2D eigenvalue weighted by Crippen LogP contribution is -2.53. The first-order chi connectivity index (χ1) is 6.27. The van der Waals surface area contributed by atoms with Gasteiger partial charge in [0.2, 0.25) is 0 Å². The fourth-order valence-electron chi connectivity index (χ4n) is 2.88. The molecule has 3 heteroatoms. The summed E-state index contributed by atoms with van der Waals surface area (Å²) in [6.07, 6.45) is 4.32. The largest absolute Gasteiger partial charge is 0.314 e. The first kappa shape index (κ1) is 12.3. The van der Waals surface area contributed by atoms with E-state index in [0.717, 1.165) is 18.0 Å². The molecule has 1 aliphatic carbocycles. The summed E-state index contributed by atoms with van der Waals surface area (Å²) >= 11 is 0. The van der Waals surface area contributed by atoms with Gasteiger partial charge in [-0.15, -0.1) is 12.4 Å². The fraction of sp³-hybridized carbons (Fsp3) is 1.00.